The minimum absolute atomic E-state index is 0.344. The molecule has 1 aliphatic rings. The van der Waals surface area contributed by atoms with Crippen LogP contribution in [0.15, 0.2) is 30.3 Å². The Morgan fingerprint density at radius 1 is 1.36 bits per heavy atom. The molecule has 1 aliphatic heterocycles. The van der Waals surface area contributed by atoms with Gasteiger partial charge in [0.15, 0.2) is 0 Å². The highest BCUT2D eigenvalue weighted by Crippen LogP contribution is 2.25. The molecule has 2 atom stereocenters. The van der Waals surface area contributed by atoms with E-state index in [1.54, 1.807) is 0 Å². The second-order valence-corrected chi connectivity index (χ2v) is 3.97. The van der Waals surface area contributed by atoms with Crippen LogP contribution >= 0.6 is 0 Å². The zero-order chi connectivity index (χ0) is 9.97. The highest BCUT2D eigenvalue weighted by molar-refractivity contribution is 5.18. The first-order valence-electron chi connectivity index (χ1n) is 5.20. The molecule has 0 aliphatic carbocycles. The number of alkyl halides is 1. The number of hydrogen-bond acceptors (Lipinski definition) is 1. The van der Waals surface area contributed by atoms with Crippen LogP contribution in [-0.4, -0.2) is 24.2 Å². The first-order valence-corrected chi connectivity index (χ1v) is 5.20. The Kier molecular flexibility index (Phi) is 2.82. The van der Waals surface area contributed by atoms with Gasteiger partial charge < -0.3 is 0 Å². The molecule has 14 heavy (non-hydrogen) atoms. The predicted molar refractivity (Wildman–Crippen MR) is 55.9 cm³/mol. The fourth-order valence-corrected chi connectivity index (χ4v) is 2.04. The van der Waals surface area contributed by atoms with Gasteiger partial charge >= 0.3 is 0 Å². The summed E-state index contributed by atoms with van der Waals surface area (Å²) in [6, 6.07) is 10.6. The highest BCUT2D eigenvalue weighted by atomic mass is 19.1. The minimum atomic E-state index is -0.624. The van der Waals surface area contributed by atoms with E-state index in [-0.39, 0.29) is 0 Å². The Hall–Kier alpha value is -0.890. The molecule has 0 N–H and O–H groups in total. The van der Waals surface area contributed by atoms with Crippen molar-refractivity contribution in [1.82, 2.24) is 4.90 Å². The third-order valence-electron chi connectivity index (χ3n) is 2.99. The molecule has 1 heterocycles. The highest BCUT2D eigenvalue weighted by Gasteiger charge is 2.25. The summed E-state index contributed by atoms with van der Waals surface area (Å²) in [7, 11) is 0. The van der Waals surface area contributed by atoms with Crippen molar-refractivity contribution in [2.75, 3.05) is 13.1 Å². The summed E-state index contributed by atoms with van der Waals surface area (Å²) in [6.45, 7) is 3.63. The van der Waals surface area contributed by atoms with Gasteiger partial charge in [-0.05, 0) is 18.9 Å². The van der Waals surface area contributed by atoms with Crippen molar-refractivity contribution in [3.05, 3.63) is 35.9 Å². The lowest BCUT2D eigenvalue weighted by atomic mass is 10.1. The van der Waals surface area contributed by atoms with Crippen LogP contribution < -0.4 is 0 Å². The van der Waals surface area contributed by atoms with Crippen LogP contribution in [0.4, 0.5) is 4.39 Å². The summed E-state index contributed by atoms with van der Waals surface area (Å²) in [4.78, 5) is 2.21. The van der Waals surface area contributed by atoms with Gasteiger partial charge in [0.2, 0.25) is 0 Å². The van der Waals surface area contributed by atoms with Gasteiger partial charge in [0, 0.05) is 19.1 Å². The monoisotopic (exact) mass is 193 g/mol. The first kappa shape index (κ1) is 9.66. The largest absolute Gasteiger partial charge is 0.294 e. The lowest BCUT2D eigenvalue weighted by Crippen LogP contribution is -2.24. The Morgan fingerprint density at radius 3 is 2.64 bits per heavy atom. The molecule has 0 unspecified atom stereocenters. The smallest absolute Gasteiger partial charge is 0.114 e. The third-order valence-corrected chi connectivity index (χ3v) is 2.99. The van der Waals surface area contributed by atoms with Gasteiger partial charge in [-0.2, -0.15) is 0 Å². The fourth-order valence-electron chi connectivity index (χ4n) is 2.04. The van der Waals surface area contributed by atoms with E-state index in [4.69, 9.17) is 0 Å². The van der Waals surface area contributed by atoms with Crippen LogP contribution in [0.25, 0.3) is 0 Å². The van der Waals surface area contributed by atoms with Crippen LogP contribution in [0.5, 0.6) is 0 Å². The molecule has 1 saturated heterocycles. The number of likely N-dealkylation sites (tertiary alicyclic amines) is 1. The van der Waals surface area contributed by atoms with Crippen molar-refractivity contribution in [3.8, 4) is 0 Å². The Labute approximate surface area is 84.5 Å². The molecule has 0 saturated carbocycles. The maximum Gasteiger partial charge on any atom is 0.114 e. The van der Waals surface area contributed by atoms with Gasteiger partial charge in [-0.3, -0.25) is 4.90 Å². The average Bonchev–Trinajstić information content (AvgIpc) is 2.65. The Morgan fingerprint density at radius 2 is 2.07 bits per heavy atom. The maximum absolute atomic E-state index is 13.0. The van der Waals surface area contributed by atoms with E-state index in [0.717, 1.165) is 6.54 Å². The van der Waals surface area contributed by atoms with Gasteiger partial charge in [-0.15, -0.1) is 0 Å². The summed E-state index contributed by atoms with van der Waals surface area (Å²) in [5, 5.41) is 0. The van der Waals surface area contributed by atoms with Crippen molar-refractivity contribution in [1.29, 1.82) is 0 Å². The van der Waals surface area contributed by atoms with Crippen molar-refractivity contribution in [2.24, 2.45) is 0 Å². The van der Waals surface area contributed by atoms with Crippen molar-refractivity contribution in [2.45, 2.75) is 25.6 Å². The topological polar surface area (TPSA) is 3.24 Å². The molecule has 0 amide bonds. The Balaban J connectivity index is 2.05. The SMILES string of the molecule is C[C@@H](c1ccccc1)N1CC[C@@H](F)C1. The lowest BCUT2D eigenvalue weighted by Gasteiger charge is -2.23. The molecular formula is C12H16FN. The van der Waals surface area contributed by atoms with E-state index in [0.29, 0.717) is 19.0 Å². The van der Waals surface area contributed by atoms with Crippen molar-refractivity contribution >= 4 is 0 Å². The molecule has 1 aromatic rings. The molecule has 0 spiro atoms. The number of nitrogens with zero attached hydrogens (tertiary/aromatic N) is 1. The molecule has 2 rings (SSSR count). The van der Waals surface area contributed by atoms with Gasteiger partial charge in [-0.1, -0.05) is 30.3 Å². The predicted octanol–water partition coefficient (Wildman–Crippen LogP) is 2.79. The van der Waals surface area contributed by atoms with Crippen LogP contribution in [0.1, 0.15) is 24.9 Å². The normalized spacial score (nSPS) is 25.1. The molecule has 0 bridgehead atoms. The second-order valence-electron chi connectivity index (χ2n) is 3.97. The molecule has 2 heteroatoms. The molecule has 0 radical (unpaired) electrons. The molecule has 0 aromatic heterocycles. The van der Waals surface area contributed by atoms with Gasteiger partial charge in [0.25, 0.3) is 0 Å². The zero-order valence-electron chi connectivity index (χ0n) is 8.49. The first-order chi connectivity index (χ1) is 6.77. The number of hydrogen-bond donors (Lipinski definition) is 0. The summed E-state index contributed by atoms with van der Waals surface area (Å²) < 4.78 is 13.0. The summed E-state index contributed by atoms with van der Waals surface area (Å²) in [5.74, 6) is 0. The molecule has 1 fully saturated rings. The molecule has 76 valence electrons. The van der Waals surface area contributed by atoms with Crippen LogP contribution in [0, 0.1) is 0 Å². The maximum atomic E-state index is 13.0. The zero-order valence-corrected chi connectivity index (χ0v) is 8.49. The van der Waals surface area contributed by atoms with Crippen LogP contribution in [0.3, 0.4) is 0 Å². The quantitative estimate of drug-likeness (QED) is 0.698. The van der Waals surface area contributed by atoms with E-state index >= 15 is 0 Å². The average molecular weight is 193 g/mol. The van der Waals surface area contributed by atoms with E-state index in [1.165, 1.54) is 5.56 Å². The standard InChI is InChI=1S/C12H16FN/c1-10(11-5-3-2-4-6-11)14-8-7-12(13)9-14/h2-6,10,12H,7-9H2,1H3/t10-,12+/m0/s1. The number of halogens is 1. The third kappa shape index (κ3) is 1.95. The molecular weight excluding hydrogens is 177 g/mol. The van der Waals surface area contributed by atoms with E-state index < -0.39 is 6.17 Å². The van der Waals surface area contributed by atoms with Crippen molar-refractivity contribution in [3.63, 3.8) is 0 Å². The second kappa shape index (κ2) is 4.09. The van der Waals surface area contributed by atoms with Crippen LogP contribution in [0.2, 0.25) is 0 Å². The van der Waals surface area contributed by atoms with Gasteiger partial charge in [0.05, 0.1) is 0 Å². The minimum Gasteiger partial charge on any atom is -0.294 e. The summed E-state index contributed by atoms with van der Waals surface area (Å²) in [5.41, 5.74) is 1.28. The number of benzene rings is 1. The molecule has 1 aromatic carbocycles. The summed E-state index contributed by atoms with van der Waals surface area (Å²) in [6.07, 6.45) is 0.0677. The fraction of sp³-hybridized carbons (Fsp3) is 0.500. The van der Waals surface area contributed by atoms with E-state index in [1.807, 2.05) is 18.2 Å². The number of rotatable bonds is 2. The molecule has 1 nitrogen and oxygen atoms in total. The van der Waals surface area contributed by atoms with E-state index in [9.17, 15) is 4.39 Å². The summed E-state index contributed by atoms with van der Waals surface area (Å²) >= 11 is 0. The van der Waals surface area contributed by atoms with Gasteiger partial charge in [-0.25, -0.2) is 4.39 Å². The van der Waals surface area contributed by atoms with E-state index in [2.05, 4.69) is 24.0 Å². The van der Waals surface area contributed by atoms with Crippen LogP contribution in [-0.2, 0) is 0 Å². The lowest BCUT2D eigenvalue weighted by molar-refractivity contribution is 0.235. The Bertz CT molecular complexity index is 286. The van der Waals surface area contributed by atoms with Crippen molar-refractivity contribution < 1.29 is 4.39 Å². The van der Waals surface area contributed by atoms with Gasteiger partial charge in [0.1, 0.15) is 6.17 Å².